The average molecular weight is 194 g/mol. The van der Waals surface area contributed by atoms with Crippen LogP contribution in [0.1, 0.15) is 30.8 Å². The van der Waals surface area contributed by atoms with Crippen LogP contribution < -0.4 is 5.32 Å². The number of hydrogen-bond acceptors (Lipinski definition) is 3. The molecule has 1 aromatic rings. The van der Waals surface area contributed by atoms with Gasteiger partial charge in [0.1, 0.15) is 6.26 Å². The van der Waals surface area contributed by atoms with Crippen molar-refractivity contribution in [3.63, 3.8) is 0 Å². The van der Waals surface area contributed by atoms with Gasteiger partial charge in [-0.15, -0.1) is 0 Å². The van der Waals surface area contributed by atoms with Crippen molar-refractivity contribution in [2.75, 3.05) is 13.1 Å². The zero-order chi connectivity index (χ0) is 9.80. The molecule has 1 aliphatic heterocycles. The summed E-state index contributed by atoms with van der Waals surface area (Å²) in [6, 6.07) is 0. The van der Waals surface area contributed by atoms with Crippen LogP contribution in [0.5, 0.6) is 0 Å². The number of nitrogens with one attached hydrogen (secondary N) is 1. The highest BCUT2D eigenvalue weighted by atomic mass is 16.3. The fourth-order valence-corrected chi connectivity index (χ4v) is 2.06. The number of aryl methyl sites for hydroxylation is 1. The van der Waals surface area contributed by atoms with Gasteiger partial charge in [-0.25, -0.2) is 4.98 Å². The number of rotatable bonds is 2. The van der Waals surface area contributed by atoms with E-state index < -0.39 is 0 Å². The lowest BCUT2D eigenvalue weighted by Crippen LogP contribution is -2.22. The van der Waals surface area contributed by atoms with Crippen LogP contribution in [0.3, 0.4) is 0 Å². The largest absolute Gasteiger partial charge is 0.449 e. The first-order valence-corrected chi connectivity index (χ1v) is 5.46. The topological polar surface area (TPSA) is 38.1 Å². The molecule has 78 valence electrons. The molecule has 14 heavy (non-hydrogen) atoms. The van der Waals surface area contributed by atoms with Crippen LogP contribution in [0.4, 0.5) is 0 Å². The van der Waals surface area contributed by atoms with Gasteiger partial charge in [-0.1, -0.05) is 6.42 Å². The lowest BCUT2D eigenvalue weighted by molar-refractivity contribution is 0.470. The third kappa shape index (κ3) is 2.58. The Labute approximate surface area is 84.9 Å². The van der Waals surface area contributed by atoms with Crippen molar-refractivity contribution in [1.82, 2.24) is 10.3 Å². The van der Waals surface area contributed by atoms with Crippen LogP contribution in [0, 0.1) is 12.8 Å². The van der Waals surface area contributed by atoms with E-state index >= 15 is 0 Å². The van der Waals surface area contributed by atoms with E-state index in [4.69, 9.17) is 4.42 Å². The molecule has 1 atom stereocenters. The first-order chi connectivity index (χ1) is 6.84. The van der Waals surface area contributed by atoms with Crippen LogP contribution in [0.15, 0.2) is 10.7 Å². The second-order valence-corrected chi connectivity index (χ2v) is 4.13. The minimum absolute atomic E-state index is 0.738. The van der Waals surface area contributed by atoms with E-state index in [-0.39, 0.29) is 0 Å². The molecule has 2 heterocycles. The molecular weight excluding hydrogens is 176 g/mol. The van der Waals surface area contributed by atoms with E-state index in [9.17, 15) is 0 Å². The van der Waals surface area contributed by atoms with E-state index in [1.54, 1.807) is 6.26 Å². The lowest BCUT2D eigenvalue weighted by Gasteiger charge is -2.11. The summed E-state index contributed by atoms with van der Waals surface area (Å²) in [5, 5.41) is 3.47. The quantitative estimate of drug-likeness (QED) is 0.781. The maximum atomic E-state index is 5.21. The van der Waals surface area contributed by atoms with E-state index in [0.717, 1.165) is 30.5 Å². The fraction of sp³-hybridized carbons (Fsp3) is 0.727. The zero-order valence-corrected chi connectivity index (χ0v) is 8.75. The minimum atomic E-state index is 0.738. The van der Waals surface area contributed by atoms with Gasteiger partial charge in [0.05, 0.1) is 5.69 Å². The predicted octanol–water partition coefficient (Wildman–Crippen LogP) is 1.92. The van der Waals surface area contributed by atoms with Gasteiger partial charge in [-0.2, -0.15) is 0 Å². The molecule has 1 unspecified atom stereocenters. The van der Waals surface area contributed by atoms with Crippen molar-refractivity contribution < 1.29 is 4.42 Å². The molecule has 0 amide bonds. The summed E-state index contributed by atoms with van der Waals surface area (Å²) >= 11 is 0. The van der Waals surface area contributed by atoms with E-state index in [0.29, 0.717) is 0 Å². The summed E-state index contributed by atoms with van der Waals surface area (Å²) in [4.78, 5) is 4.34. The van der Waals surface area contributed by atoms with E-state index in [2.05, 4.69) is 10.3 Å². The van der Waals surface area contributed by atoms with Crippen LogP contribution in [0.25, 0.3) is 0 Å². The molecule has 0 radical (unpaired) electrons. The Morgan fingerprint density at radius 3 is 3.29 bits per heavy atom. The van der Waals surface area contributed by atoms with Crippen LogP contribution in [-0.4, -0.2) is 18.1 Å². The monoisotopic (exact) mass is 194 g/mol. The highest BCUT2D eigenvalue weighted by Crippen LogP contribution is 2.16. The van der Waals surface area contributed by atoms with Crippen molar-refractivity contribution in [2.45, 2.75) is 32.6 Å². The highest BCUT2D eigenvalue weighted by Gasteiger charge is 2.13. The third-order valence-electron chi connectivity index (χ3n) is 2.81. The second-order valence-electron chi connectivity index (χ2n) is 4.13. The molecule has 0 aliphatic carbocycles. The predicted molar refractivity (Wildman–Crippen MR) is 55.2 cm³/mol. The molecule has 2 rings (SSSR count). The Morgan fingerprint density at radius 1 is 1.57 bits per heavy atom. The van der Waals surface area contributed by atoms with Gasteiger partial charge in [-0.3, -0.25) is 0 Å². The van der Waals surface area contributed by atoms with Gasteiger partial charge < -0.3 is 9.73 Å². The van der Waals surface area contributed by atoms with Crippen LogP contribution in [0.2, 0.25) is 0 Å². The fourth-order valence-electron chi connectivity index (χ4n) is 2.06. The Morgan fingerprint density at radius 2 is 2.50 bits per heavy atom. The molecule has 3 nitrogen and oxygen atoms in total. The van der Waals surface area contributed by atoms with Gasteiger partial charge in [0.25, 0.3) is 0 Å². The van der Waals surface area contributed by atoms with Gasteiger partial charge in [0, 0.05) is 6.92 Å². The van der Waals surface area contributed by atoms with Crippen molar-refractivity contribution in [2.24, 2.45) is 5.92 Å². The molecule has 1 aliphatic rings. The van der Waals surface area contributed by atoms with Gasteiger partial charge in [0.15, 0.2) is 5.89 Å². The summed E-state index contributed by atoms with van der Waals surface area (Å²) in [6.07, 6.45) is 6.83. The number of oxazole rings is 1. The Hall–Kier alpha value is -0.830. The van der Waals surface area contributed by atoms with Crippen molar-refractivity contribution in [3.8, 4) is 0 Å². The van der Waals surface area contributed by atoms with Gasteiger partial charge in [-0.05, 0) is 38.3 Å². The SMILES string of the molecule is Cc1nc(CC2CCCCNC2)co1. The number of hydrogen-bond donors (Lipinski definition) is 1. The molecule has 1 N–H and O–H groups in total. The molecule has 1 saturated heterocycles. The molecule has 0 saturated carbocycles. The average Bonchev–Trinajstić information content (AvgIpc) is 2.43. The van der Waals surface area contributed by atoms with Crippen molar-refractivity contribution in [1.29, 1.82) is 0 Å². The molecule has 0 bridgehead atoms. The maximum absolute atomic E-state index is 5.21. The van der Waals surface area contributed by atoms with E-state index in [1.165, 1.54) is 25.8 Å². The summed E-state index contributed by atoms with van der Waals surface area (Å²) in [7, 11) is 0. The molecule has 3 heteroatoms. The molecule has 1 aromatic heterocycles. The summed E-state index contributed by atoms with van der Waals surface area (Å²) in [5.74, 6) is 1.52. The molecule has 0 aromatic carbocycles. The third-order valence-corrected chi connectivity index (χ3v) is 2.81. The van der Waals surface area contributed by atoms with Gasteiger partial charge in [0.2, 0.25) is 0 Å². The van der Waals surface area contributed by atoms with E-state index in [1.807, 2.05) is 6.92 Å². The number of aromatic nitrogens is 1. The van der Waals surface area contributed by atoms with Crippen molar-refractivity contribution >= 4 is 0 Å². The first-order valence-electron chi connectivity index (χ1n) is 5.46. The second kappa shape index (κ2) is 4.60. The minimum Gasteiger partial charge on any atom is -0.449 e. The van der Waals surface area contributed by atoms with Crippen molar-refractivity contribution in [3.05, 3.63) is 17.8 Å². The first kappa shape index (κ1) is 9.71. The maximum Gasteiger partial charge on any atom is 0.191 e. The Kier molecular flexibility index (Phi) is 3.19. The highest BCUT2D eigenvalue weighted by molar-refractivity contribution is 4.97. The zero-order valence-electron chi connectivity index (χ0n) is 8.75. The van der Waals surface area contributed by atoms with Crippen LogP contribution >= 0.6 is 0 Å². The van der Waals surface area contributed by atoms with Crippen LogP contribution in [-0.2, 0) is 6.42 Å². The molecule has 1 fully saturated rings. The molecular formula is C11H18N2O. The number of nitrogens with zero attached hydrogens (tertiary/aromatic N) is 1. The Bertz CT molecular complexity index is 275. The molecule has 0 spiro atoms. The summed E-state index contributed by atoms with van der Waals surface area (Å²) in [6.45, 7) is 4.20. The summed E-state index contributed by atoms with van der Waals surface area (Å²) in [5.41, 5.74) is 1.11. The summed E-state index contributed by atoms with van der Waals surface area (Å²) < 4.78 is 5.21. The van der Waals surface area contributed by atoms with Gasteiger partial charge >= 0.3 is 0 Å². The normalized spacial score (nSPS) is 23.4. The standard InChI is InChI=1S/C11H18N2O/c1-9-13-11(8-14-9)6-10-4-2-3-5-12-7-10/h8,10,12H,2-7H2,1H3. The Balaban J connectivity index is 1.89. The lowest BCUT2D eigenvalue weighted by atomic mass is 9.98. The smallest absolute Gasteiger partial charge is 0.191 e.